The molecule has 2 rings (SSSR count). The van der Waals surface area contributed by atoms with Gasteiger partial charge in [-0.1, -0.05) is 6.08 Å². The van der Waals surface area contributed by atoms with Crippen LogP contribution in [0, 0.1) is 0 Å². The van der Waals surface area contributed by atoms with Gasteiger partial charge in [-0.15, -0.1) is 0 Å². The molecule has 3 heteroatoms. The lowest BCUT2D eigenvalue weighted by Crippen LogP contribution is -2.21. The zero-order valence-electron chi connectivity index (χ0n) is 6.85. The average Bonchev–Trinajstić information content (AvgIpc) is 2.21. The second-order valence-corrected chi connectivity index (χ2v) is 2.77. The van der Waals surface area contributed by atoms with Crippen molar-refractivity contribution >= 4 is 5.95 Å². The first-order chi connectivity index (χ1) is 5.97. The lowest BCUT2D eigenvalue weighted by molar-refractivity contribution is 0.767. The van der Waals surface area contributed by atoms with Crippen LogP contribution >= 0.6 is 0 Å². The number of allylic oxidation sites excluding steroid dienone is 1. The minimum Gasteiger partial charge on any atom is -0.318 e. The van der Waals surface area contributed by atoms with Gasteiger partial charge in [0.15, 0.2) is 0 Å². The first-order valence-electron chi connectivity index (χ1n) is 4.17. The van der Waals surface area contributed by atoms with Crippen LogP contribution in [-0.2, 0) is 0 Å². The van der Waals surface area contributed by atoms with Gasteiger partial charge in [-0.2, -0.15) is 0 Å². The maximum absolute atomic E-state index is 4.17. The van der Waals surface area contributed by atoms with Gasteiger partial charge in [0.1, 0.15) is 0 Å². The van der Waals surface area contributed by atoms with Gasteiger partial charge in [0.25, 0.3) is 0 Å². The molecular weight excluding hydrogens is 150 g/mol. The summed E-state index contributed by atoms with van der Waals surface area (Å²) in [7, 11) is 0. The van der Waals surface area contributed by atoms with Gasteiger partial charge in [-0.05, 0) is 18.9 Å². The summed E-state index contributed by atoms with van der Waals surface area (Å²) in [5.41, 5.74) is 0. The summed E-state index contributed by atoms with van der Waals surface area (Å²) in [4.78, 5) is 10.4. The summed E-state index contributed by atoms with van der Waals surface area (Å²) in [6.07, 6.45) is 10.1. The van der Waals surface area contributed by atoms with Crippen LogP contribution in [0.1, 0.15) is 12.8 Å². The highest BCUT2D eigenvalue weighted by Crippen LogP contribution is 2.11. The third-order valence-corrected chi connectivity index (χ3v) is 1.86. The normalized spacial score (nSPS) is 16.5. The Labute approximate surface area is 71.8 Å². The predicted octanol–water partition coefficient (Wildman–Crippen LogP) is 1.59. The molecule has 3 nitrogen and oxygen atoms in total. The standard InChI is InChI=1S/C9H11N3/c1-2-7-12(8-3-1)9-10-5-4-6-11-9/h2,4-7H,1,3,8H2. The number of nitrogens with zero attached hydrogens (tertiary/aromatic N) is 3. The molecule has 0 fully saturated rings. The van der Waals surface area contributed by atoms with Gasteiger partial charge >= 0.3 is 0 Å². The molecule has 0 saturated carbocycles. The van der Waals surface area contributed by atoms with Crippen LogP contribution in [0.15, 0.2) is 30.7 Å². The molecule has 62 valence electrons. The Morgan fingerprint density at radius 1 is 1.25 bits per heavy atom. The van der Waals surface area contributed by atoms with Gasteiger partial charge < -0.3 is 4.90 Å². The van der Waals surface area contributed by atoms with Gasteiger partial charge in [0, 0.05) is 25.1 Å². The maximum Gasteiger partial charge on any atom is 0.229 e. The molecule has 0 saturated heterocycles. The molecule has 1 aromatic rings. The van der Waals surface area contributed by atoms with Gasteiger partial charge in [-0.25, -0.2) is 9.97 Å². The summed E-state index contributed by atoms with van der Waals surface area (Å²) in [6.45, 7) is 1.03. The lowest BCUT2D eigenvalue weighted by Gasteiger charge is -2.20. The molecule has 1 aliphatic rings. The van der Waals surface area contributed by atoms with E-state index in [2.05, 4.69) is 27.1 Å². The van der Waals surface area contributed by atoms with Crippen molar-refractivity contribution < 1.29 is 0 Å². The third-order valence-electron chi connectivity index (χ3n) is 1.86. The van der Waals surface area contributed by atoms with E-state index < -0.39 is 0 Å². The first-order valence-corrected chi connectivity index (χ1v) is 4.17. The van der Waals surface area contributed by atoms with Crippen molar-refractivity contribution in [3.05, 3.63) is 30.7 Å². The molecule has 0 amide bonds. The number of aromatic nitrogens is 2. The molecule has 2 heterocycles. The summed E-state index contributed by atoms with van der Waals surface area (Å²) >= 11 is 0. The number of anilines is 1. The molecule has 0 N–H and O–H groups in total. The van der Waals surface area contributed by atoms with Crippen LogP contribution in [-0.4, -0.2) is 16.5 Å². The zero-order valence-corrected chi connectivity index (χ0v) is 6.85. The molecule has 0 aliphatic carbocycles. The van der Waals surface area contributed by atoms with Gasteiger partial charge in [0.2, 0.25) is 5.95 Å². The van der Waals surface area contributed by atoms with E-state index in [1.165, 1.54) is 12.8 Å². The molecule has 0 aromatic carbocycles. The summed E-state index contributed by atoms with van der Waals surface area (Å²) in [5.74, 6) is 0.799. The summed E-state index contributed by atoms with van der Waals surface area (Å²) in [5, 5.41) is 0. The minimum absolute atomic E-state index is 0.799. The number of hydrogen-bond donors (Lipinski definition) is 0. The van der Waals surface area contributed by atoms with Gasteiger partial charge in [0.05, 0.1) is 0 Å². The minimum atomic E-state index is 0.799. The van der Waals surface area contributed by atoms with E-state index in [0.717, 1.165) is 12.5 Å². The van der Waals surface area contributed by atoms with E-state index in [4.69, 9.17) is 0 Å². The Balaban J connectivity index is 2.19. The molecule has 0 radical (unpaired) electrons. The Morgan fingerprint density at radius 2 is 2.08 bits per heavy atom. The summed E-state index contributed by atoms with van der Waals surface area (Å²) in [6, 6.07) is 1.83. The van der Waals surface area contributed by atoms with Crippen LogP contribution in [0.2, 0.25) is 0 Å². The molecule has 12 heavy (non-hydrogen) atoms. The highest BCUT2D eigenvalue weighted by atomic mass is 15.2. The van der Waals surface area contributed by atoms with E-state index in [9.17, 15) is 0 Å². The van der Waals surface area contributed by atoms with Crippen molar-refractivity contribution in [1.82, 2.24) is 9.97 Å². The van der Waals surface area contributed by atoms with Crippen molar-refractivity contribution in [2.75, 3.05) is 11.4 Å². The van der Waals surface area contributed by atoms with Crippen LogP contribution in [0.5, 0.6) is 0 Å². The molecular formula is C9H11N3. The SMILES string of the molecule is C1=CN(c2ncccn2)CCC1. The van der Waals surface area contributed by atoms with Crippen LogP contribution in [0.3, 0.4) is 0 Å². The fourth-order valence-electron chi connectivity index (χ4n) is 1.26. The molecule has 1 aliphatic heterocycles. The summed E-state index contributed by atoms with van der Waals surface area (Å²) < 4.78 is 0. The van der Waals surface area contributed by atoms with Crippen molar-refractivity contribution in [3.63, 3.8) is 0 Å². The predicted molar refractivity (Wildman–Crippen MR) is 47.8 cm³/mol. The van der Waals surface area contributed by atoms with Crippen molar-refractivity contribution in [2.24, 2.45) is 0 Å². The maximum atomic E-state index is 4.17. The van der Waals surface area contributed by atoms with E-state index in [1.807, 2.05) is 6.07 Å². The smallest absolute Gasteiger partial charge is 0.229 e. The lowest BCUT2D eigenvalue weighted by atomic mass is 10.2. The van der Waals surface area contributed by atoms with E-state index in [-0.39, 0.29) is 0 Å². The number of rotatable bonds is 1. The van der Waals surface area contributed by atoms with Crippen molar-refractivity contribution in [3.8, 4) is 0 Å². The molecule has 1 aromatic heterocycles. The number of hydrogen-bond acceptors (Lipinski definition) is 3. The quantitative estimate of drug-likeness (QED) is 0.626. The Hall–Kier alpha value is -1.38. The fraction of sp³-hybridized carbons (Fsp3) is 0.333. The molecule has 0 bridgehead atoms. The van der Waals surface area contributed by atoms with Crippen LogP contribution < -0.4 is 4.90 Å². The largest absolute Gasteiger partial charge is 0.318 e. The van der Waals surface area contributed by atoms with Crippen LogP contribution in [0.25, 0.3) is 0 Å². The molecule has 0 atom stereocenters. The Morgan fingerprint density at radius 3 is 2.75 bits per heavy atom. The van der Waals surface area contributed by atoms with Gasteiger partial charge in [-0.3, -0.25) is 0 Å². The Bertz CT molecular complexity index is 268. The van der Waals surface area contributed by atoms with Crippen molar-refractivity contribution in [2.45, 2.75) is 12.8 Å². The highest BCUT2D eigenvalue weighted by molar-refractivity contribution is 5.34. The van der Waals surface area contributed by atoms with E-state index in [0.29, 0.717) is 0 Å². The second kappa shape index (κ2) is 3.34. The van der Waals surface area contributed by atoms with E-state index >= 15 is 0 Å². The molecule has 0 spiro atoms. The first kappa shape index (κ1) is 7.28. The van der Waals surface area contributed by atoms with Crippen LogP contribution in [0.4, 0.5) is 5.95 Å². The monoisotopic (exact) mass is 161 g/mol. The Kier molecular flexibility index (Phi) is 2.03. The van der Waals surface area contributed by atoms with E-state index in [1.54, 1.807) is 12.4 Å². The zero-order chi connectivity index (χ0) is 8.23. The highest BCUT2D eigenvalue weighted by Gasteiger charge is 2.06. The second-order valence-electron chi connectivity index (χ2n) is 2.77. The third kappa shape index (κ3) is 1.44. The topological polar surface area (TPSA) is 29.0 Å². The van der Waals surface area contributed by atoms with Crippen molar-refractivity contribution in [1.29, 1.82) is 0 Å². The fourth-order valence-corrected chi connectivity index (χ4v) is 1.26. The molecule has 0 unspecified atom stereocenters. The average molecular weight is 161 g/mol.